The summed E-state index contributed by atoms with van der Waals surface area (Å²) in [4.78, 5) is 36.4. The molecule has 4 unspecified atom stereocenters. The third kappa shape index (κ3) is 2.94. The van der Waals surface area contributed by atoms with Crippen LogP contribution in [0.4, 0.5) is 0 Å². The number of carbonyl (C=O) groups excluding carboxylic acids is 2. The molecular formula is C15H28N3O4S+. The fourth-order valence-corrected chi connectivity index (χ4v) is 6.28. The molecule has 0 aromatic carbocycles. The van der Waals surface area contributed by atoms with Crippen LogP contribution in [0.15, 0.2) is 0 Å². The first-order valence-electron chi connectivity index (χ1n) is 7.85. The van der Waals surface area contributed by atoms with E-state index in [2.05, 4.69) is 0 Å². The van der Waals surface area contributed by atoms with Gasteiger partial charge in [0.05, 0.1) is 4.75 Å². The van der Waals surface area contributed by atoms with Gasteiger partial charge in [-0.15, -0.1) is 0 Å². The highest BCUT2D eigenvalue weighted by atomic mass is 32.2. The maximum absolute atomic E-state index is 12.1. The molecule has 8 heteroatoms. The van der Waals surface area contributed by atoms with Crippen molar-refractivity contribution in [1.29, 1.82) is 0 Å². The lowest BCUT2D eigenvalue weighted by molar-refractivity contribution is -0.975. The van der Waals surface area contributed by atoms with Crippen molar-refractivity contribution in [1.82, 2.24) is 0 Å². The van der Waals surface area contributed by atoms with Gasteiger partial charge in [-0.2, -0.15) is 0 Å². The van der Waals surface area contributed by atoms with E-state index in [1.54, 1.807) is 13.8 Å². The normalized spacial score (nSPS) is 32.2. The molecule has 23 heavy (non-hydrogen) atoms. The van der Waals surface area contributed by atoms with Crippen molar-refractivity contribution in [3.63, 3.8) is 0 Å². The van der Waals surface area contributed by atoms with E-state index < -0.39 is 40.7 Å². The second-order valence-electron chi connectivity index (χ2n) is 6.61. The van der Waals surface area contributed by atoms with Crippen molar-refractivity contribution in [2.45, 2.75) is 75.7 Å². The number of quaternary nitrogens is 1. The maximum Gasteiger partial charge on any atom is 0.364 e. The quantitative estimate of drug-likeness (QED) is 0.584. The number of nitrogens with zero attached hydrogens (tertiary/aromatic N) is 1. The van der Waals surface area contributed by atoms with Gasteiger partial charge in [0.25, 0.3) is 11.8 Å². The average molecular weight is 346 g/mol. The van der Waals surface area contributed by atoms with Crippen molar-refractivity contribution in [3.05, 3.63) is 0 Å². The summed E-state index contributed by atoms with van der Waals surface area (Å²) in [6.45, 7) is 9.07. The monoisotopic (exact) mass is 346 g/mol. The Balaban J connectivity index is 3.77. The molecule has 4 atom stereocenters. The SMILES string of the molecule is CCC(C(N)=O)[N+]1(C(CC)C(N)=O)C(C)SC(C)(C)C1C(=O)O. The summed E-state index contributed by atoms with van der Waals surface area (Å²) in [5, 5.41) is 9.63. The zero-order valence-corrected chi connectivity index (χ0v) is 15.2. The van der Waals surface area contributed by atoms with Gasteiger partial charge in [-0.3, -0.25) is 14.1 Å². The van der Waals surface area contributed by atoms with E-state index in [1.165, 1.54) is 11.8 Å². The van der Waals surface area contributed by atoms with E-state index in [1.807, 2.05) is 20.8 Å². The molecule has 1 saturated heterocycles. The Hall–Kier alpha value is -1.28. The molecule has 0 saturated carbocycles. The molecule has 7 nitrogen and oxygen atoms in total. The van der Waals surface area contributed by atoms with Crippen molar-refractivity contribution in [2.75, 3.05) is 0 Å². The number of carboxylic acid groups (broad SMARTS) is 1. The smallest absolute Gasteiger partial charge is 0.364 e. The van der Waals surface area contributed by atoms with Gasteiger partial charge in [-0.05, 0) is 20.8 Å². The van der Waals surface area contributed by atoms with Gasteiger partial charge in [0.15, 0.2) is 12.1 Å². The summed E-state index contributed by atoms with van der Waals surface area (Å²) in [7, 11) is 0. The summed E-state index contributed by atoms with van der Waals surface area (Å²) >= 11 is 1.46. The second-order valence-corrected chi connectivity index (χ2v) is 8.58. The summed E-state index contributed by atoms with van der Waals surface area (Å²) < 4.78 is -0.859. The van der Waals surface area contributed by atoms with Crippen molar-refractivity contribution in [2.24, 2.45) is 11.5 Å². The van der Waals surface area contributed by atoms with Gasteiger partial charge in [0.2, 0.25) is 6.04 Å². The number of nitrogens with two attached hydrogens (primary N) is 2. The predicted molar refractivity (Wildman–Crippen MR) is 89.4 cm³/mol. The van der Waals surface area contributed by atoms with Gasteiger partial charge in [-0.25, -0.2) is 4.79 Å². The van der Waals surface area contributed by atoms with Gasteiger partial charge in [0.1, 0.15) is 5.37 Å². The molecule has 0 radical (unpaired) electrons. The van der Waals surface area contributed by atoms with Crippen LogP contribution in [0, 0.1) is 0 Å². The van der Waals surface area contributed by atoms with Crippen LogP contribution >= 0.6 is 11.8 Å². The summed E-state index contributed by atoms with van der Waals surface area (Å²) in [6.07, 6.45) is 0.702. The zero-order valence-electron chi connectivity index (χ0n) is 14.4. The first-order valence-corrected chi connectivity index (χ1v) is 8.73. The number of hydrogen-bond acceptors (Lipinski definition) is 4. The number of rotatable bonds is 7. The molecule has 1 heterocycles. The topological polar surface area (TPSA) is 123 Å². The highest BCUT2D eigenvalue weighted by molar-refractivity contribution is 8.01. The lowest BCUT2D eigenvalue weighted by atomic mass is 9.90. The lowest BCUT2D eigenvalue weighted by Gasteiger charge is -2.50. The van der Waals surface area contributed by atoms with Crippen LogP contribution in [-0.4, -0.2) is 55.6 Å². The molecule has 0 spiro atoms. The van der Waals surface area contributed by atoms with Gasteiger partial charge in [-0.1, -0.05) is 25.6 Å². The molecule has 0 bridgehead atoms. The molecule has 1 aliphatic rings. The fraction of sp³-hybridized carbons (Fsp3) is 0.800. The number of primary amides is 2. The number of hydrogen-bond donors (Lipinski definition) is 3. The van der Waals surface area contributed by atoms with E-state index in [9.17, 15) is 19.5 Å². The van der Waals surface area contributed by atoms with E-state index in [-0.39, 0.29) is 9.86 Å². The van der Waals surface area contributed by atoms with Crippen LogP contribution < -0.4 is 11.5 Å². The van der Waals surface area contributed by atoms with Crippen LogP contribution in [0.1, 0.15) is 47.5 Å². The Morgan fingerprint density at radius 2 is 1.52 bits per heavy atom. The second kappa shape index (κ2) is 6.68. The zero-order chi connectivity index (χ0) is 18.2. The molecule has 1 fully saturated rings. The van der Waals surface area contributed by atoms with Crippen molar-refractivity contribution in [3.8, 4) is 0 Å². The Morgan fingerprint density at radius 1 is 1.13 bits per heavy atom. The molecule has 0 aliphatic carbocycles. The summed E-state index contributed by atoms with van der Waals surface area (Å²) in [6, 6.07) is -2.51. The van der Waals surface area contributed by atoms with Gasteiger partial charge < -0.3 is 16.6 Å². The number of carboxylic acids is 1. The van der Waals surface area contributed by atoms with E-state index in [4.69, 9.17) is 11.5 Å². The van der Waals surface area contributed by atoms with Crippen molar-refractivity contribution < 1.29 is 24.0 Å². The average Bonchev–Trinajstić information content (AvgIpc) is 2.57. The first-order chi connectivity index (χ1) is 10.5. The maximum atomic E-state index is 12.1. The largest absolute Gasteiger partial charge is 0.477 e. The van der Waals surface area contributed by atoms with E-state index in [0.717, 1.165) is 0 Å². The highest BCUT2D eigenvalue weighted by Crippen LogP contribution is 2.53. The Bertz CT molecular complexity index is 487. The lowest BCUT2D eigenvalue weighted by Crippen LogP contribution is -2.75. The minimum absolute atomic E-state index is 0.204. The number of amides is 2. The third-order valence-electron chi connectivity index (χ3n) is 4.95. The van der Waals surface area contributed by atoms with Crippen molar-refractivity contribution >= 4 is 29.5 Å². The summed E-state index contributed by atoms with van der Waals surface area (Å²) in [5.41, 5.74) is 11.2. The Morgan fingerprint density at radius 3 is 1.78 bits per heavy atom. The van der Waals surface area contributed by atoms with E-state index >= 15 is 0 Å². The van der Waals surface area contributed by atoms with Crippen LogP contribution in [-0.2, 0) is 14.4 Å². The predicted octanol–water partition coefficient (Wildman–Crippen LogP) is 0.656. The van der Waals surface area contributed by atoms with E-state index in [0.29, 0.717) is 12.8 Å². The van der Waals surface area contributed by atoms with Gasteiger partial charge >= 0.3 is 5.97 Å². The Kier molecular flexibility index (Phi) is 5.74. The highest BCUT2D eigenvalue weighted by Gasteiger charge is 2.68. The minimum Gasteiger partial charge on any atom is -0.477 e. The van der Waals surface area contributed by atoms with Crippen LogP contribution in [0.5, 0.6) is 0 Å². The third-order valence-corrected chi connectivity index (χ3v) is 6.49. The molecule has 1 rings (SSSR count). The molecule has 1 aliphatic heterocycles. The number of aliphatic carboxylic acids is 1. The van der Waals surface area contributed by atoms with Gasteiger partial charge in [0, 0.05) is 12.8 Å². The molecule has 5 N–H and O–H groups in total. The first kappa shape index (κ1) is 19.8. The molecule has 0 aromatic heterocycles. The van der Waals surface area contributed by atoms with Crippen LogP contribution in [0.2, 0.25) is 0 Å². The van der Waals surface area contributed by atoms with Crippen LogP contribution in [0.3, 0.4) is 0 Å². The molecule has 2 amide bonds. The fourth-order valence-electron chi connectivity index (χ4n) is 4.39. The minimum atomic E-state index is -1.04. The Labute approximate surface area is 141 Å². The standard InChI is InChI=1S/C15H27N3O4S/c1-6-9(12(16)19)18(10(7-2)13(17)20)8(3)23-15(4,5)11(18)14(21)22/h8-11H,6-7H2,1-5H3,(H4-,16,17,19,20,21,22)/p+1. The molecule has 0 aromatic rings. The number of thioether (sulfide) groups is 1. The number of carbonyl (C=O) groups is 3. The molecule has 132 valence electrons. The summed E-state index contributed by atoms with van der Waals surface area (Å²) in [5.74, 6) is -2.22. The van der Waals surface area contributed by atoms with Crippen LogP contribution in [0.25, 0.3) is 0 Å². The molecular weight excluding hydrogens is 318 g/mol.